The highest BCUT2D eigenvalue weighted by Crippen LogP contribution is 2.37. The second kappa shape index (κ2) is 7.33. The molecule has 0 fully saturated rings. The zero-order chi connectivity index (χ0) is 18.8. The topological polar surface area (TPSA) is 35.8 Å². The Kier molecular flexibility index (Phi) is 4.73. The Balaban J connectivity index is 1.85. The molecule has 3 nitrogen and oxygen atoms in total. The van der Waals surface area contributed by atoms with Gasteiger partial charge in [-0.25, -0.2) is 4.39 Å². The molecule has 0 amide bonds. The Labute approximate surface area is 158 Å². The Bertz CT molecular complexity index is 954. The number of rotatable bonds is 4. The molecule has 27 heavy (non-hydrogen) atoms. The third-order valence-electron chi connectivity index (χ3n) is 4.96. The lowest BCUT2D eigenvalue weighted by Crippen LogP contribution is -2.35. The van der Waals surface area contributed by atoms with Gasteiger partial charge in [0.15, 0.2) is 0 Å². The summed E-state index contributed by atoms with van der Waals surface area (Å²) in [4.78, 5) is 0. The number of para-hydroxylation sites is 1. The first kappa shape index (κ1) is 17.4. The van der Waals surface area contributed by atoms with Crippen molar-refractivity contribution < 1.29 is 9.50 Å². The molecule has 0 aromatic heterocycles. The summed E-state index contributed by atoms with van der Waals surface area (Å²) >= 11 is 0. The lowest BCUT2D eigenvalue weighted by molar-refractivity contribution is 0.259. The molecule has 0 spiro atoms. The number of anilines is 1. The SMILES string of the molecule is Cc1cccc(C2=NN(c3ccccc3)[C@H](CO)[C@H]2c2ccc(F)cc2)c1. The number of hydrogen-bond acceptors (Lipinski definition) is 3. The fraction of sp³-hybridized carbons (Fsp3) is 0.174. The Morgan fingerprint density at radius 3 is 2.37 bits per heavy atom. The van der Waals surface area contributed by atoms with E-state index in [0.29, 0.717) is 0 Å². The Morgan fingerprint density at radius 1 is 0.963 bits per heavy atom. The van der Waals surface area contributed by atoms with Crippen LogP contribution in [0.5, 0.6) is 0 Å². The first-order chi connectivity index (χ1) is 13.2. The molecular formula is C23H21FN2O. The van der Waals surface area contributed by atoms with Crippen LogP contribution < -0.4 is 5.01 Å². The van der Waals surface area contributed by atoms with Crippen molar-refractivity contribution in [1.82, 2.24) is 0 Å². The molecule has 0 radical (unpaired) electrons. The summed E-state index contributed by atoms with van der Waals surface area (Å²) in [6.07, 6.45) is 0. The van der Waals surface area contributed by atoms with Gasteiger partial charge in [-0.05, 0) is 42.3 Å². The number of hydrogen-bond donors (Lipinski definition) is 1. The van der Waals surface area contributed by atoms with Crippen molar-refractivity contribution in [3.63, 3.8) is 0 Å². The van der Waals surface area contributed by atoms with Crippen LogP contribution in [0, 0.1) is 12.7 Å². The first-order valence-electron chi connectivity index (χ1n) is 9.03. The number of aryl methyl sites for hydroxylation is 1. The van der Waals surface area contributed by atoms with Crippen LogP contribution in [0.4, 0.5) is 10.1 Å². The molecule has 1 aliphatic heterocycles. The smallest absolute Gasteiger partial charge is 0.123 e. The third kappa shape index (κ3) is 3.36. The average molecular weight is 360 g/mol. The average Bonchev–Trinajstić information content (AvgIpc) is 3.09. The normalized spacial score (nSPS) is 19.2. The molecule has 0 saturated heterocycles. The Morgan fingerprint density at radius 2 is 1.70 bits per heavy atom. The maximum Gasteiger partial charge on any atom is 0.123 e. The summed E-state index contributed by atoms with van der Waals surface area (Å²) in [5.74, 6) is -0.427. The van der Waals surface area contributed by atoms with Crippen molar-refractivity contribution in [3.05, 3.63) is 101 Å². The Hall–Kier alpha value is -2.98. The number of nitrogens with zero attached hydrogens (tertiary/aromatic N) is 2. The molecule has 2 atom stereocenters. The van der Waals surface area contributed by atoms with Gasteiger partial charge < -0.3 is 5.11 Å². The summed E-state index contributed by atoms with van der Waals surface area (Å²) in [7, 11) is 0. The number of halogens is 1. The fourth-order valence-electron chi connectivity index (χ4n) is 3.68. The van der Waals surface area contributed by atoms with Gasteiger partial charge in [0, 0.05) is 0 Å². The van der Waals surface area contributed by atoms with E-state index in [0.717, 1.165) is 28.1 Å². The van der Waals surface area contributed by atoms with Gasteiger partial charge in [-0.1, -0.05) is 60.2 Å². The first-order valence-corrected chi connectivity index (χ1v) is 9.03. The van der Waals surface area contributed by atoms with Crippen LogP contribution in [0.15, 0.2) is 84.0 Å². The molecular weight excluding hydrogens is 339 g/mol. The van der Waals surface area contributed by atoms with Crippen molar-refractivity contribution in [1.29, 1.82) is 0 Å². The van der Waals surface area contributed by atoms with Crippen molar-refractivity contribution in [2.45, 2.75) is 18.9 Å². The fourth-order valence-corrected chi connectivity index (χ4v) is 3.68. The molecule has 1 aliphatic rings. The van der Waals surface area contributed by atoms with E-state index in [9.17, 15) is 9.50 Å². The van der Waals surface area contributed by atoms with Crippen LogP contribution in [-0.2, 0) is 0 Å². The van der Waals surface area contributed by atoms with Crippen LogP contribution in [0.2, 0.25) is 0 Å². The molecule has 4 rings (SSSR count). The highest BCUT2D eigenvalue weighted by molar-refractivity contribution is 6.08. The largest absolute Gasteiger partial charge is 0.394 e. The summed E-state index contributed by atoms with van der Waals surface area (Å²) in [5.41, 5.74) is 4.90. The second-order valence-electron chi connectivity index (χ2n) is 6.81. The highest BCUT2D eigenvalue weighted by atomic mass is 19.1. The predicted octanol–water partition coefficient (Wildman–Crippen LogP) is 4.50. The van der Waals surface area contributed by atoms with E-state index in [-0.39, 0.29) is 24.4 Å². The van der Waals surface area contributed by atoms with Crippen LogP contribution >= 0.6 is 0 Å². The van der Waals surface area contributed by atoms with Gasteiger partial charge in [-0.15, -0.1) is 0 Å². The summed E-state index contributed by atoms with van der Waals surface area (Å²) < 4.78 is 13.5. The van der Waals surface area contributed by atoms with Gasteiger partial charge in [0.2, 0.25) is 0 Å². The molecule has 1 N–H and O–H groups in total. The maximum atomic E-state index is 13.5. The van der Waals surface area contributed by atoms with Gasteiger partial charge in [0.05, 0.1) is 30.0 Å². The van der Waals surface area contributed by atoms with Crippen molar-refractivity contribution in [3.8, 4) is 0 Å². The number of aliphatic hydroxyl groups is 1. The van der Waals surface area contributed by atoms with E-state index in [2.05, 4.69) is 6.07 Å². The van der Waals surface area contributed by atoms with Gasteiger partial charge in [0.1, 0.15) is 5.82 Å². The van der Waals surface area contributed by atoms with Gasteiger partial charge >= 0.3 is 0 Å². The number of aliphatic hydroxyl groups excluding tert-OH is 1. The predicted molar refractivity (Wildman–Crippen MR) is 107 cm³/mol. The molecule has 3 aromatic rings. The van der Waals surface area contributed by atoms with Crippen molar-refractivity contribution in [2.75, 3.05) is 11.6 Å². The van der Waals surface area contributed by atoms with E-state index in [1.54, 1.807) is 12.1 Å². The van der Waals surface area contributed by atoms with E-state index in [1.165, 1.54) is 12.1 Å². The van der Waals surface area contributed by atoms with E-state index in [4.69, 9.17) is 5.10 Å². The standard InChI is InChI=1S/C23H21FN2O/c1-16-6-5-7-18(14-16)23-22(17-10-12-19(24)13-11-17)21(15-27)26(25-23)20-8-3-2-4-9-20/h2-14,21-22,27H,15H2,1H3/t21-,22-/m1/s1. The minimum absolute atomic E-state index is 0.0598. The molecule has 0 unspecified atom stereocenters. The van der Waals surface area contributed by atoms with E-state index >= 15 is 0 Å². The molecule has 0 bridgehead atoms. The van der Waals surface area contributed by atoms with Crippen LogP contribution in [0.25, 0.3) is 0 Å². The maximum absolute atomic E-state index is 13.5. The third-order valence-corrected chi connectivity index (χ3v) is 4.96. The van der Waals surface area contributed by atoms with Gasteiger partial charge in [-0.2, -0.15) is 5.10 Å². The second-order valence-corrected chi connectivity index (χ2v) is 6.81. The summed E-state index contributed by atoms with van der Waals surface area (Å²) in [6, 6.07) is 24.2. The van der Waals surface area contributed by atoms with Crippen LogP contribution in [0.3, 0.4) is 0 Å². The van der Waals surface area contributed by atoms with Crippen LogP contribution in [0.1, 0.15) is 22.6 Å². The van der Waals surface area contributed by atoms with Gasteiger partial charge in [-0.3, -0.25) is 5.01 Å². The minimum Gasteiger partial charge on any atom is -0.394 e. The number of hydrazone groups is 1. The monoisotopic (exact) mass is 360 g/mol. The zero-order valence-corrected chi connectivity index (χ0v) is 15.1. The molecule has 0 aliphatic carbocycles. The molecule has 4 heteroatoms. The van der Waals surface area contributed by atoms with Crippen molar-refractivity contribution in [2.24, 2.45) is 5.10 Å². The van der Waals surface area contributed by atoms with Crippen LogP contribution in [-0.4, -0.2) is 23.5 Å². The van der Waals surface area contributed by atoms with Gasteiger partial charge in [0.25, 0.3) is 0 Å². The summed E-state index contributed by atoms with van der Waals surface area (Å²) in [6.45, 7) is 1.99. The van der Waals surface area contributed by atoms with Crippen molar-refractivity contribution >= 4 is 11.4 Å². The van der Waals surface area contributed by atoms with E-state index < -0.39 is 0 Å². The molecule has 3 aromatic carbocycles. The molecule has 136 valence electrons. The number of benzene rings is 3. The molecule has 0 saturated carbocycles. The minimum atomic E-state index is -0.272. The lowest BCUT2D eigenvalue weighted by Gasteiger charge is -2.26. The quantitative estimate of drug-likeness (QED) is 0.743. The van der Waals surface area contributed by atoms with E-state index in [1.807, 2.05) is 60.5 Å². The lowest BCUT2D eigenvalue weighted by atomic mass is 9.85. The highest BCUT2D eigenvalue weighted by Gasteiger charge is 2.39. The summed E-state index contributed by atoms with van der Waals surface area (Å²) in [5, 5.41) is 17.0. The zero-order valence-electron chi connectivity index (χ0n) is 15.1. The molecule has 1 heterocycles.